The normalized spacial score (nSPS) is 43.9. The highest BCUT2D eigenvalue weighted by Crippen LogP contribution is 2.26. The van der Waals surface area contributed by atoms with Gasteiger partial charge < -0.3 is 19.7 Å². The number of hydrogen-bond acceptors (Lipinski definition) is 5. The first-order valence-electron chi connectivity index (χ1n) is 3.21. The van der Waals surface area contributed by atoms with Gasteiger partial charge in [0, 0.05) is 6.92 Å². The summed E-state index contributed by atoms with van der Waals surface area (Å²) in [5, 5.41) is 18.3. The van der Waals surface area contributed by atoms with Gasteiger partial charge in [-0.1, -0.05) is 0 Å². The molecule has 11 heavy (non-hydrogen) atoms. The van der Waals surface area contributed by atoms with Gasteiger partial charge in [0.1, 0.15) is 17.8 Å². The predicted octanol–water partition coefficient (Wildman–Crippen LogP) is -0.572. The van der Waals surface area contributed by atoms with Gasteiger partial charge in [-0.15, -0.1) is 0 Å². The van der Waals surface area contributed by atoms with Crippen LogP contribution >= 0.6 is 12.2 Å². The van der Waals surface area contributed by atoms with Crippen LogP contribution in [0, 0.1) is 0 Å². The lowest BCUT2D eigenvalue weighted by Crippen LogP contribution is -2.42. The molecule has 64 valence electrons. The third kappa shape index (κ3) is 1.51. The lowest BCUT2D eigenvalue weighted by atomic mass is 10.1. The van der Waals surface area contributed by atoms with Crippen molar-refractivity contribution in [3.8, 4) is 0 Å². The van der Waals surface area contributed by atoms with Gasteiger partial charge in [-0.2, -0.15) is 0 Å². The van der Waals surface area contributed by atoms with E-state index in [0.29, 0.717) is 0 Å². The first kappa shape index (κ1) is 8.86. The van der Waals surface area contributed by atoms with Crippen LogP contribution in [0.15, 0.2) is 0 Å². The van der Waals surface area contributed by atoms with Crippen LogP contribution < -0.4 is 0 Å². The smallest absolute Gasteiger partial charge is 0.236 e. The molecule has 1 saturated heterocycles. The quantitative estimate of drug-likeness (QED) is 0.554. The van der Waals surface area contributed by atoms with E-state index < -0.39 is 18.0 Å². The van der Waals surface area contributed by atoms with Gasteiger partial charge in [0.05, 0.1) is 6.61 Å². The Bertz CT molecular complexity index is 163. The van der Waals surface area contributed by atoms with Crippen LogP contribution in [0.5, 0.6) is 0 Å². The minimum Gasteiger partial charge on any atom is -0.456 e. The highest BCUT2D eigenvalue weighted by Gasteiger charge is 2.46. The van der Waals surface area contributed by atoms with Crippen LogP contribution in [-0.4, -0.2) is 40.4 Å². The molecule has 1 heterocycles. The lowest BCUT2D eigenvalue weighted by molar-refractivity contribution is -0.186. The monoisotopic (exact) mass is 178 g/mol. The molecule has 0 aromatic heterocycles. The second kappa shape index (κ2) is 3.02. The SMILES string of the molecule is CC1(OC=S)OCC(O)C1O. The Morgan fingerprint density at radius 2 is 2.36 bits per heavy atom. The van der Waals surface area contributed by atoms with Crippen molar-refractivity contribution in [3.05, 3.63) is 0 Å². The number of ether oxygens (including phenoxy) is 2. The lowest BCUT2D eigenvalue weighted by Gasteiger charge is -2.25. The molecule has 1 aliphatic rings. The Kier molecular flexibility index (Phi) is 2.43. The molecular weight excluding hydrogens is 168 g/mol. The topological polar surface area (TPSA) is 58.9 Å². The van der Waals surface area contributed by atoms with E-state index in [1.165, 1.54) is 6.92 Å². The highest BCUT2D eigenvalue weighted by atomic mass is 32.1. The molecule has 1 aliphatic heterocycles. The van der Waals surface area contributed by atoms with E-state index in [1.54, 1.807) is 0 Å². The molecule has 0 saturated carbocycles. The van der Waals surface area contributed by atoms with Crippen LogP contribution in [0.2, 0.25) is 0 Å². The molecule has 1 rings (SSSR count). The van der Waals surface area contributed by atoms with Crippen molar-refractivity contribution < 1.29 is 19.7 Å². The van der Waals surface area contributed by atoms with Crippen molar-refractivity contribution in [2.75, 3.05) is 6.61 Å². The summed E-state index contributed by atoms with van der Waals surface area (Å²) in [5.74, 6) is -1.18. The Hall–Kier alpha value is -0.230. The van der Waals surface area contributed by atoms with E-state index in [4.69, 9.17) is 14.6 Å². The summed E-state index contributed by atoms with van der Waals surface area (Å²) in [6.07, 6.45) is -1.93. The van der Waals surface area contributed by atoms with E-state index in [1.807, 2.05) is 0 Å². The van der Waals surface area contributed by atoms with Crippen molar-refractivity contribution in [2.45, 2.75) is 24.9 Å². The van der Waals surface area contributed by atoms with Gasteiger partial charge in [0.2, 0.25) is 5.79 Å². The summed E-state index contributed by atoms with van der Waals surface area (Å²) in [6, 6.07) is 0. The van der Waals surface area contributed by atoms with Gasteiger partial charge in [0.15, 0.2) is 0 Å². The average molecular weight is 178 g/mol. The Morgan fingerprint density at radius 3 is 2.73 bits per heavy atom. The fourth-order valence-corrected chi connectivity index (χ4v) is 1.17. The van der Waals surface area contributed by atoms with Crippen LogP contribution in [0.25, 0.3) is 0 Å². The molecule has 0 aromatic carbocycles. The first-order chi connectivity index (χ1) is 5.10. The molecule has 3 unspecified atom stereocenters. The molecule has 0 radical (unpaired) electrons. The maximum absolute atomic E-state index is 9.28. The zero-order valence-electron chi connectivity index (χ0n) is 6.06. The highest BCUT2D eigenvalue weighted by molar-refractivity contribution is 7.78. The zero-order chi connectivity index (χ0) is 8.48. The summed E-state index contributed by atoms with van der Waals surface area (Å²) >= 11 is 4.43. The second-order valence-corrected chi connectivity index (χ2v) is 2.75. The number of rotatable bonds is 2. The summed E-state index contributed by atoms with van der Waals surface area (Å²) in [6.45, 7) is 1.59. The van der Waals surface area contributed by atoms with Crippen LogP contribution in [0.1, 0.15) is 6.92 Å². The van der Waals surface area contributed by atoms with Gasteiger partial charge in [0.25, 0.3) is 0 Å². The predicted molar refractivity (Wildman–Crippen MR) is 41.1 cm³/mol. The maximum atomic E-state index is 9.28. The number of aliphatic hydroxyl groups is 2. The minimum atomic E-state index is -1.18. The van der Waals surface area contributed by atoms with Crippen LogP contribution in [0.4, 0.5) is 0 Å². The van der Waals surface area contributed by atoms with E-state index >= 15 is 0 Å². The van der Waals surface area contributed by atoms with Crippen molar-refractivity contribution in [2.24, 2.45) is 0 Å². The number of hydrogen-bond donors (Lipinski definition) is 2. The second-order valence-electron chi connectivity index (χ2n) is 2.55. The summed E-state index contributed by atoms with van der Waals surface area (Å²) < 4.78 is 9.82. The molecule has 0 bridgehead atoms. The van der Waals surface area contributed by atoms with Crippen molar-refractivity contribution >= 4 is 17.8 Å². The average Bonchev–Trinajstić information content (AvgIpc) is 2.19. The zero-order valence-corrected chi connectivity index (χ0v) is 6.87. The summed E-state index contributed by atoms with van der Waals surface area (Å²) in [7, 11) is 0. The Morgan fingerprint density at radius 1 is 1.73 bits per heavy atom. The molecule has 2 N–H and O–H groups in total. The van der Waals surface area contributed by atoms with Crippen LogP contribution in [0.3, 0.4) is 0 Å². The molecule has 4 nitrogen and oxygen atoms in total. The molecule has 5 heteroatoms. The van der Waals surface area contributed by atoms with Crippen molar-refractivity contribution in [1.29, 1.82) is 0 Å². The van der Waals surface area contributed by atoms with E-state index in [2.05, 4.69) is 12.2 Å². The molecular formula is C6H10O4S. The third-order valence-electron chi connectivity index (χ3n) is 1.72. The standard InChI is InChI=1S/C6H10O4S/c1-6(10-3-11)5(8)4(7)2-9-6/h3-5,7-8H,2H2,1H3. The van der Waals surface area contributed by atoms with E-state index in [0.717, 1.165) is 5.55 Å². The number of aliphatic hydroxyl groups excluding tert-OH is 2. The fourth-order valence-electron chi connectivity index (χ4n) is 0.976. The van der Waals surface area contributed by atoms with E-state index in [-0.39, 0.29) is 6.61 Å². The third-order valence-corrected chi connectivity index (χ3v) is 1.82. The Labute approximate surface area is 69.7 Å². The van der Waals surface area contributed by atoms with E-state index in [9.17, 15) is 5.11 Å². The molecule has 1 fully saturated rings. The molecule has 0 spiro atoms. The summed E-state index contributed by atoms with van der Waals surface area (Å²) in [5.41, 5.74) is 1.02. The van der Waals surface area contributed by atoms with Gasteiger partial charge in [-0.05, 0) is 12.2 Å². The van der Waals surface area contributed by atoms with Crippen molar-refractivity contribution in [1.82, 2.24) is 0 Å². The van der Waals surface area contributed by atoms with Crippen LogP contribution in [-0.2, 0) is 9.47 Å². The fraction of sp³-hybridized carbons (Fsp3) is 0.833. The van der Waals surface area contributed by atoms with Gasteiger partial charge in [-0.25, -0.2) is 0 Å². The molecule has 0 amide bonds. The Balaban J connectivity index is 2.64. The summed E-state index contributed by atoms with van der Waals surface area (Å²) in [4.78, 5) is 0. The van der Waals surface area contributed by atoms with Gasteiger partial charge >= 0.3 is 0 Å². The molecule has 0 aliphatic carbocycles. The maximum Gasteiger partial charge on any atom is 0.236 e. The largest absolute Gasteiger partial charge is 0.456 e. The van der Waals surface area contributed by atoms with Gasteiger partial charge in [-0.3, -0.25) is 0 Å². The number of thiocarbonyl (C=S) groups is 1. The van der Waals surface area contributed by atoms with Crippen molar-refractivity contribution in [3.63, 3.8) is 0 Å². The minimum absolute atomic E-state index is 0.0703. The molecule has 0 aromatic rings. The first-order valence-corrected chi connectivity index (χ1v) is 3.69. The molecule has 3 atom stereocenters.